The SMILES string of the molecule is CC(C)P([P-][Si](C)(C)C)C(C)C. The molecular weight excluding hydrogens is 198 g/mol. The summed E-state index contributed by atoms with van der Waals surface area (Å²) in [5, 5.41) is 0. The average molecular weight is 221 g/mol. The lowest BCUT2D eigenvalue weighted by atomic mass is 10.5. The van der Waals surface area contributed by atoms with Crippen LogP contribution in [0.4, 0.5) is 0 Å². The Morgan fingerprint density at radius 3 is 1.33 bits per heavy atom. The first-order chi connectivity index (χ1) is 5.24. The van der Waals surface area contributed by atoms with Gasteiger partial charge >= 0.3 is 0 Å². The minimum absolute atomic E-state index is 0.267. The molecule has 0 aromatic carbocycles. The van der Waals surface area contributed by atoms with Gasteiger partial charge in [-0.05, 0) is 0 Å². The monoisotopic (exact) mass is 221 g/mol. The highest BCUT2D eigenvalue weighted by molar-refractivity contribution is 8.35. The summed E-state index contributed by atoms with van der Waals surface area (Å²) in [5.41, 5.74) is 1.82. The molecule has 0 aromatic rings. The zero-order chi connectivity index (χ0) is 9.94. The molecule has 0 radical (unpaired) electrons. The third kappa shape index (κ3) is 5.68. The van der Waals surface area contributed by atoms with Crippen LogP contribution in [0.5, 0.6) is 0 Å². The molecule has 0 atom stereocenters. The lowest BCUT2D eigenvalue weighted by Crippen LogP contribution is -2.13. The van der Waals surface area contributed by atoms with Crippen LogP contribution in [-0.4, -0.2) is 19.1 Å². The van der Waals surface area contributed by atoms with E-state index in [4.69, 9.17) is 0 Å². The van der Waals surface area contributed by atoms with Gasteiger partial charge in [0.05, 0.1) is 0 Å². The fourth-order valence-electron chi connectivity index (χ4n) is 1.17. The van der Waals surface area contributed by atoms with Gasteiger partial charge in [-0.3, -0.25) is 7.61 Å². The molecule has 0 fully saturated rings. The van der Waals surface area contributed by atoms with E-state index < -0.39 is 7.74 Å². The van der Waals surface area contributed by atoms with Crippen molar-refractivity contribution in [2.24, 2.45) is 0 Å². The smallest absolute Gasteiger partial charge is 0.0536 e. The first kappa shape index (κ1) is 13.1. The van der Waals surface area contributed by atoms with E-state index >= 15 is 0 Å². The molecule has 0 N–H and O–H groups in total. The van der Waals surface area contributed by atoms with E-state index in [1.54, 1.807) is 0 Å². The Hall–Kier alpha value is 1.08. The molecular formula is C9H23P2Si-. The maximum absolute atomic E-state index is 2.48. The fraction of sp³-hybridized carbons (Fsp3) is 1.00. The summed E-state index contributed by atoms with van der Waals surface area (Å²) in [6, 6.07) is 0. The summed E-state index contributed by atoms with van der Waals surface area (Å²) in [6.45, 7) is 17.0. The van der Waals surface area contributed by atoms with E-state index in [0.29, 0.717) is 0 Å². The highest BCUT2D eigenvalue weighted by Crippen LogP contribution is 2.65. The van der Waals surface area contributed by atoms with Crippen LogP contribution in [0.3, 0.4) is 0 Å². The molecule has 0 spiro atoms. The van der Waals surface area contributed by atoms with Crippen molar-refractivity contribution in [3.63, 3.8) is 0 Å². The normalized spacial score (nSPS) is 14.5. The van der Waals surface area contributed by atoms with Crippen LogP contribution in [0.15, 0.2) is 0 Å². The summed E-state index contributed by atoms with van der Waals surface area (Å²) < 4.78 is 0. The van der Waals surface area contributed by atoms with Gasteiger partial charge in [0.1, 0.15) is 0 Å². The molecule has 0 saturated carbocycles. The first-order valence-electron chi connectivity index (χ1n) is 4.75. The van der Waals surface area contributed by atoms with E-state index in [-0.39, 0.29) is 7.61 Å². The van der Waals surface area contributed by atoms with E-state index in [1.165, 1.54) is 0 Å². The van der Waals surface area contributed by atoms with Crippen molar-refractivity contribution >= 4 is 23.2 Å². The molecule has 3 heteroatoms. The van der Waals surface area contributed by atoms with Crippen LogP contribution in [-0.2, 0) is 0 Å². The molecule has 0 rings (SSSR count). The number of hydrogen-bond acceptors (Lipinski definition) is 0. The van der Waals surface area contributed by atoms with Gasteiger partial charge in [0.2, 0.25) is 0 Å². The fourth-order valence-corrected chi connectivity index (χ4v) is 17.4. The van der Waals surface area contributed by atoms with Gasteiger partial charge in [-0.1, -0.05) is 66.4 Å². The highest BCUT2D eigenvalue weighted by atomic mass is 32.2. The largest absolute Gasteiger partial charge is 0.508 e. The third-order valence-corrected chi connectivity index (χ3v) is 17.2. The van der Waals surface area contributed by atoms with Crippen LogP contribution in [0.25, 0.3) is 0 Å². The van der Waals surface area contributed by atoms with Gasteiger partial charge in [-0.15, -0.1) is 0 Å². The molecule has 0 saturated heterocycles. The second-order valence-electron chi connectivity index (χ2n) is 4.84. The Bertz CT molecular complexity index is 119. The first-order valence-corrected chi connectivity index (χ1v) is 12.2. The van der Waals surface area contributed by atoms with E-state index in [0.717, 1.165) is 11.3 Å². The lowest BCUT2D eigenvalue weighted by molar-refractivity contribution is 1.03. The van der Waals surface area contributed by atoms with Gasteiger partial charge in [0, 0.05) is 0 Å². The van der Waals surface area contributed by atoms with Gasteiger partial charge < -0.3 is 7.82 Å². The van der Waals surface area contributed by atoms with Crippen molar-refractivity contribution in [1.82, 2.24) is 0 Å². The second kappa shape index (κ2) is 5.08. The van der Waals surface area contributed by atoms with Crippen molar-refractivity contribution in [2.45, 2.75) is 58.7 Å². The average Bonchev–Trinajstić information content (AvgIpc) is 1.79. The predicted octanol–water partition coefficient (Wildman–Crippen LogP) is 4.98. The summed E-state index contributed by atoms with van der Waals surface area (Å²) >= 11 is 0. The van der Waals surface area contributed by atoms with Crippen LogP contribution >= 0.6 is 15.4 Å². The second-order valence-corrected chi connectivity index (χ2v) is 20.0. The Balaban J connectivity index is 4.15. The standard InChI is InChI=1S/C9H23P2Si/c1-8(2)11(9(3)4)10-12(5,6)7/h8-9H,1-7H3/q-1. The molecule has 0 aliphatic carbocycles. The quantitative estimate of drug-likeness (QED) is 0.464. The van der Waals surface area contributed by atoms with Gasteiger partial charge in [0.15, 0.2) is 0 Å². The minimum Gasteiger partial charge on any atom is -0.508 e. The summed E-state index contributed by atoms with van der Waals surface area (Å²) in [6.07, 6.45) is 0. The predicted molar refractivity (Wildman–Crippen MR) is 67.5 cm³/mol. The van der Waals surface area contributed by atoms with Crippen LogP contribution < -0.4 is 0 Å². The molecule has 0 aliphatic heterocycles. The molecule has 74 valence electrons. The highest BCUT2D eigenvalue weighted by Gasteiger charge is 2.10. The molecule has 12 heavy (non-hydrogen) atoms. The van der Waals surface area contributed by atoms with Crippen LogP contribution in [0, 0.1) is 0 Å². The van der Waals surface area contributed by atoms with Crippen LogP contribution in [0.2, 0.25) is 19.6 Å². The lowest BCUT2D eigenvalue weighted by Gasteiger charge is -2.47. The van der Waals surface area contributed by atoms with Gasteiger partial charge in [-0.2, -0.15) is 0 Å². The summed E-state index contributed by atoms with van der Waals surface area (Å²) in [5.74, 6) is 0. The molecule has 0 aromatic heterocycles. The maximum Gasteiger partial charge on any atom is -0.0536 e. The third-order valence-electron chi connectivity index (χ3n) is 1.47. The number of hydrogen-bond donors (Lipinski definition) is 0. The molecule has 0 nitrogen and oxygen atoms in total. The molecule has 0 heterocycles. The topological polar surface area (TPSA) is 0 Å². The van der Waals surface area contributed by atoms with E-state index in [9.17, 15) is 0 Å². The van der Waals surface area contributed by atoms with Crippen LogP contribution in [0.1, 0.15) is 27.7 Å². The Kier molecular flexibility index (Phi) is 5.54. The van der Waals surface area contributed by atoms with Gasteiger partial charge in [-0.25, -0.2) is 0 Å². The van der Waals surface area contributed by atoms with E-state index in [1.807, 2.05) is 7.82 Å². The zero-order valence-electron chi connectivity index (χ0n) is 9.55. The van der Waals surface area contributed by atoms with Crippen molar-refractivity contribution in [1.29, 1.82) is 0 Å². The molecule has 0 bridgehead atoms. The maximum atomic E-state index is 2.48. The summed E-state index contributed by atoms with van der Waals surface area (Å²) in [7, 11) is 1.23. The molecule has 0 aliphatic rings. The molecule has 0 amide bonds. The van der Waals surface area contributed by atoms with Crippen molar-refractivity contribution in [2.75, 3.05) is 0 Å². The molecule has 0 unspecified atom stereocenters. The Labute approximate surface area is 82.2 Å². The van der Waals surface area contributed by atoms with Crippen molar-refractivity contribution in [3.8, 4) is 0 Å². The summed E-state index contributed by atoms with van der Waals surface area (Å²) in [4.78, 5) is 0. The van der Waals surface area contributed by atoms with Crippen molar-refractivity contribution in [3.05, 3.63) is 0 Å². The minimum atomic E-state index is -0.845. The number of rotatable bonds is 4. The van der Waals surface area contributed by atoms with Crippen molar-refractivity contribution < 1.29 is 0 Å². The Morgan fingerprint density at radius 2 is 1.25 bits per heavy atom. The van der Waals surface area contributed by atoms with Gasteiger partial charge in [0.25, 0.3) is 0 Å². The zero-order valence-corrected chi connectivity index (χ0v) is 12.3. The van der Waals surface area contributed by atoms with E-state index in [2.05, 4.69) is 47.3 Å². The Morgan fingerprint density at radius 1 is 0.917 bits per heavy atom.